The molecule has 0 rings (SSSR count). The summed E-state index contributed by atoms with van der Waals surface area (Å²) in [6.07, 6.45) is 13.5. The fourth-order valence-corrected chi connectivity index (χ4v) is 3.39. The zero-order valence-corrected chi connectivity index (χ0v) is 16.8. The second kappa shape index (κ2) is 15.4. The van der Waals surface area contributed by atoms with Gasteiger partial charge in [-0.15, -0.1) is 0 Å². The third-order valence-corrected chi connectivity index (χ3v) is 4.89. The zero-order valence-electron chi connectivity index (χ0n) is 16.8. The van der Waals surface area contributed by atoms with E-state index in [1.54, 1.807) is 0 Å². The van der Waals surface area contributed by atoms with Crippen molar-refractivity contribution < 1.29 is 19.5 Å². The third kappa shape index (κ3) is 13.1. The van der Waals surface area contributed by atoms with Gasteiger partial charge in [-0.1, -0.05) is 52.2 Å². The van der Waals surface area contributed by atoms with E-state index in [0.29, 0.717) is 19.5 Å². The number of aliphatic hydroxyl groups is 1. The molecule has 1 atom stereocenters. The number of aliphatic hydroxyl groups excluding tert-OH is 1. The van der Waals surface area contributed by atoms with Crippen molar-refractivity contribution in [3.8, 4) is 0 Å². The van der Waals surface area contributed by atoms with Crippen molar-refractivity contribution in [3.05, 3.63) is 12.2 Å². The van der Waals surface area contributed by atoms with Crippen LogP contribution in [0.1, 0.15) is 85.0 Å². The van der Waals surface area contributed by atoms with Crippen molar-refractivity contribution in [2.24, 2.45) is 0 Å². The molecule has 0 aliphatic carbocycles. The molecule has 1 N–H and O–H groups in total. The number of carbonyl (C=O) groups is 1. The van der Waals surface area contributed by atoms with Gasteiger partial charge in [-0.05, 0) is 38.5 Å². The smallest absolute Gasteiger partial charge is 0.106 e. The molecule has 0 spiro atoms. The minimum Gasteiger partial charge on any atom is -0.550 e. The number of unbranched alkanes of at least 4 members (excludes halogenated alkanes) is 5. The minimum absolute atomic E-state index is 0.0800. The van der Waals surface area contributed by atoms with E-state index in [4.69, 9.17) is 0 Å². The van der Waals surface area contributed by atoms with Crippen LogP contribution in [-0.4, -0.2) is 47.8 Å². The molecule has 148 valence electrons. The van der Waals surface area contributed by atoms with Gasteiger partial charge in [0.1, 0.15) is 12.6 Å². The molecule has 25 heavy (non-hydrogen) atoms. The molecule has 0 saturated heterocycles. The van der Waals surface area contributed by atoms with Gasteiger partial charge in [0, 0.05) is 12.4 Å². The van der Waals surface area contributed by atoms with Crippen molar-refractivity contribution in [1.82, 2.24) is 0 Å². The van der Waals surface area contributed by atoms with E-state index in [1.807, 2.05) is 0 Å². The van der Waals surface area contributed by atoms with Gasteiger partial charge in [-0.25, -0.2) is 0 Å². The van der Waals surface area contributed by atoms with Crippen LogP contribution in [0, 0.1) is 0 Å². The summed E-state index contributed by atoms with van der Waals surface area (Å²) in [6.45, 7) is 9.65. The van der Waals surface area contributed by atoms with E-state index in [2.05, 4.69) is 32.9 Å². The molecule has 0 aromatic carbocycles. The Morgan fingerprint density at radius 2 is 1.56 bits per heavy atom. The Hall–Kier alpha value is -0.870. The first-order valence-electron chi connectivity index (χ1n) is 10.4. The number of carboxylic acid groups (broad SMARTS) is 1. The van der Waals surface area contributed by atoms with Gasteiger partial charge in [0.2, 0.25) is 0 Å². The SMILES string of the molecule is CCC/C=C/CC(O)C[N+](CCCCC)(CCCCC)CCC(=O)[O-]. The van der Waals surface area contributed by atoms with Crippen molar-refractivity contribution >= 4 is 5.97 Å². The molecule has 0 amide bonds. The van der Waals surface area contributed by atoms with E-state index in [0.717, 1.165) is 68.9 Å². The summed E-state index contributed by atoms with van der Waals surface area (Å²) < 4.78 is 0.719. The van der Waals surface area contributed by atoms with Crippen LogP contribution in [0.15, 0.2) is 12.2 Å². The van der Waals surface area contributed by atoms with Crippen molar-refractivity contribution in [3.63, 3.8) is 0 Å². The average Bonchev–Trinajstić information content (AvgIpc) is 2.57. The highest BCUT2D eigenvalue weighted by Crippen LogP contribution is 2.17. The van der Waals surface area contributed by atoms with Crippen LogP contribution >= 0.6 is 0 Å². The summed E-state index contributed by atoms with van der Waals surface area (Å²) >= 11 is 0. The molecule has 0 radical (unpaired) electrons. The molecule has 4 nitrogen and oxygen atoms in total. The molecule has 0 aliphatic rings. The quantitative estimate of drug-likeness (QED) is 0.247. The Morgan fingerprint density at radius 3 is 2.04 bits per heavy atom. The van der Waals surface area contributed by atoms with Gasteiger partial charge in [0.25, 0.3) is 0 Å². The van der Waals surface area contributed by atoms with Crippen LogP contribution in [0.5, 0.6) is 0 Å². The zero-order chi connectivity index (χ0) is 19.0. The fraction of sp³-hybridized carbons (Fsp3) is 0.857. The highest BCUT2D eigenvalue weighted by molar-refractivity contribution is 5.64. The van der Waals surface area contributed by atoms with Gasteiger partial charge in [-0.3, -0.25) is 0 Å². The van der Waals surface area contributed by atoms with E-state index < -0.39 is 12.1 Å². The topological polar surface area (TPSA) is 60.4 Å². The van der Waals surface area contributed by atoms with Crippen LogP contribution in [0.2, 0.25) is 0 Å². The lowest BCUT2D eigenvalue weighted by Crippen LogP contribution is -2.55. The first-order valence-corrected chi connectivity index (χ1v) is 10.4. The largest absolute Gasteiger partial charge is 0.550 e. The number of hydrogen-bond acceptors (Lipinski definition) is 3. The summed E-state index contributed by atoms with van der Waals surface area (Å²) in [5, 5.41) is 21.6. The van der Waals surface area contributed by atoms with Crippen molar-refractivity contribution in [1.29, 1.82) is 0 Å². The van der Waals surface area contributed by atoms with Crippen LogP contribution in [-0.2, 0) is 4.79 Å². The fourth-order valence-electron chi connectivity index (χ4n) is 3.39. The summed E-state index contributed by atoms with van der Waals surface area (Å²) in [5.74, 6) is -0.981. The Labute approximate surface area is 155 Å². The number of carbonyl (C=O) groups excluding carboxylic acids is 1. The van der Waals surface area contributed by atoms with Crippen molar-refractivity contribution in [2.75, 3.05) is 26.2 Å². The number of allylic oxidation sites excluding steroid dienone is 1. The van der Waals surface area contributed by atoms with Gasteiger partial charge in [0.05, 0.1) is 19.6 Å². The van der Waals surface area contributed by atoms with Gasteiger partial charge in [0.15, 0.2) is 0 Å². The lowest BCUT2D eigenvalue weighted by molar-refractivity contribution is -0.931. The van der Waals surface area contributed by atoms with Crippen LogP contribution in [0.3, 0.4) is 0 Å². The molecular weight excluding hydrogens is 314 g/mol. The molecule has 0 aromatic heterocycles. The number of hydrogen-bond donors (Lipinski definition) is 1. The van der Waals surface area contributed by atoms with E-state index >= 15 is 0 Å². The van der Waals surface area contributed by atoms with Gasteiger partial charge >= 0.3 is 0 Å². The molecule has 0 aromatic rings. The number of quaternary nitrogens is 1. The molecule has 0 heterocycles. The molecule has 4 heteroatoms. The standard InChI is InChI=1S/C21H41NO3/c1-4-7-10-11-14-20(23)19-22(16-12-8-5-2,17-13-9-6-3)18-15-21(24)25/h10-11,20,23H,4-9,12-19H2,1-3H3/b11-10+. The molecular formula is C21H41NO3. The van der Waals surface area contributed by atoms with Crippen molar-refractivity contribution in [2.45, 2.75) is 91.1 Å². The lowest BCUT2D eigenvalue weighted by Gasteiger charge is -2.40. The second-order valence-corrected chi connectivity index (χ2v) is 7.38. The van der Waals surface area contributed by atoms with Gasteiger partial charge in [-0.2, -0.15) is 0 Å². The maximum absolute atomic E-state index is 11.0. The van der Waals surface area contributed by atoms with Crippen LogP contribution in [0.4, 0.5) is 0 Å². The Morgan fingerprint density at radius 1 is 0.960 bits per heavy atom. The number of rotatable bonds is 17. The van der Waals surface area contributed by atoms with Crippen LogP contribution in [0.25, 0.3) is 0 Å². The lowest BCUT2D eigenvalue weighted by atomic mass is 10.1. The first-order chi connectivity index (χ1) is 12.0. The predicted octanol–water partition coefficient (Wildman–Crippen LogP) is 3.43. The number of aliphatic carboxylic acids is 1. The van der Waals surface area contributed by atoms with E-state index in [-0.39, 0.29) is 6.42 Å². The number of nitrogens with zero attached hydrogens (tertiary/aromatic N) is 1. The molecule has 0 saturated carbocycles. The summed E-state index contributed by atoms with van der Waals surface area (Å²) in [6, 6.07) is 0. The average molecular weight is 356 g/mol. The van der Waals surface area contributed by atoms with E-state index in [1.165, 1.54) is 0 Å². The molecule has 0 fully saturated rings. The normalized spacial score (nSPS) is 13.4. The first kappa shape index (κ1) is 24.1. The predicted molar refractivity (Wildman–Crippen MR) is 103 cm³/mol. The Balaban J connectivity index is 4.93. The summed E-state index contributed by atoms with van der Waals surface area (Å²) in [5.41, 5.74) is 0. The summed E-state index contributed by atoms with van der Waals surface area (Å²) in [4.78, 5) is 11.0. The molecule has 1 unspecified atom stereocenters. The minimum atomic E-state index is -0.981. The highest BCUT2D eigenvalue weighted by Gasteiger charge is 2.29. The third-order valence-electron chi connectivity index (χ3n) is 4.89. The Bertz CT molecular complexity index is 345. The number of carboxylic acids is 1. The monoisotopic (exact) mass is 355 g/mol. The molecule has 0 bridgehead atoms. The maximum Gasteiger partial charge on any atom is 0.106 e. The second-order valence-electron chi connectivity index (χ2n) is 7.38. The molecule has 0 aliphatic heterocycles. The maximum atomic E-state index is 11.0. The summed E-state index contributed by atoms with van der Waals surface area (Å²) in [7, 11) is 0. The van der Waals surface area contributed by atoms with Crippen LogP contribution < -0.4 is 5.11 Å². The highest BCUT2D eigenvalue weighted by atomic mass is 16.4. The van der Waals surface area contributed by atoms with E-state index in [9.17, 15) is 15.0 Å². The Kier molecular flexibility index (Phi) is 14.9. The van der Waals surface area contributed by atoms with Gasteiger partial charge < -0.3 is 19.5 Å².